The second-order valence-corrected chi connectivity index (χ2v) is 5.73. The van der Waals surface area contributed by atoms with E-state index in [9.17, 15) is 9.59 Å². The molecule has 1 aromatic carbocycles. The highest BCUT2D eigenvalue weighted by molar-refractivity contribution is 6.03. The summed E-state index contributed by atoms with van der Waals surface area (Å²) in [5, 5.41) is 17.5. The quantitative estimate of drug-likeness (QED) is 0.757. The van der Waals surface area contributed by atoms with Crippen LogP contribution in [-0.4, -0.2) is 35.9 Å². The number of nitrogens with one attached hydrogen (secondary N) is 1. The molecule has 0 aliphatic carbocycles. The van der Waals surface area contributed by atoms with E-state index in [1.807, 2.05) is 31.2 Å². The minimum absolute atomic E-state index is 0.140. The van der Waals surface area contributed by atoms with Gasteiger partial charge in [-0.3, -0.25) is 14.9 Å². The van der Waals surface area contributed by atoms with Crippen molar-refractivity contribution in [2.45, 2.75) is 13.8 Å². The molecule has 1 amide bonds. The predicted molar refractivity (Wildman–Crippen MR) is 91.1 cm³/mol. The van der Waals surface area contributed by atoms with E-state index in [-0.39, 0.29) is 17.2 Å². The van der Waals surface area contributed by atoms with Crippen molar-refractivity contribution in [3.8, 4) is 11.1 Å². The highest BCUT2D eigenvalue weighted by Crippen LogP contribution is 2.22. The molecule has 9 nitrogen and oxygen atoms in total. The third-order valence-electron chi connectivity index (χ3n) is 3.86. The molecule has 0 aliphatic rings. The van der Waals surface area contributed by atoms with Crippen molar-refractivity contribution in [3.63, 3.8) is 0 Å². The number of carbonyl (C=O) groups is 1. The Morgan fingerprint density at radius 2 is 1.92 bits per heavy atom. The van der Waals surface area contributed by atoms with E-state index in [1.165, 1.54) is 11.7 Å². The second kappa shape index (κ2) is 6.27. The molecule has 0 saturated heterocycles. The third-order valence-corrected chi connectivity index (χ3v) is 3.86. The highest BCUT2D eigenvalue weighted by Gasteiger charge is 2.21. The summed E-state index contributed by atoms with van der Waals surface area (Å²) in [6.07, 6.45) is 0. The van der Waals surface area contributed by atoms with Gasteiger partial charge in [-0.15, -0.1) is 0 Å². The molecule has 2 aromatic heterocycles. The van der Waals surface area contributed by atoms with E-state index in [2.05, 4.69) is 25.9 Å². The van der Waals surface area contributed by atoms with Crippen molar-refractivity contribution in [3.05, 3.63) is 51.4 Å². The molecule has 0 aliphatic heterocycles. The molecule has 0 spiro atoms. The summed E-state index contributed by atoms with van der Waals surface area (Å²) < 4.78 is 2.49. The summed E-state index contributed by atoms with van der Waals surface area (Å²) in [7, 11) is 3.12. The molecular formula is C16H17N7O2. The number of aromatic nitrogens is 6. The number of aryl methyl sites for hydroxylation is 3. The van der Waals surface area contributed by atoms with Gasteiger partial charge < -0.3 is 0 Å². The van der Waals surface area contributed by atoms with Gasteiger partial charge in [-0.2, -0.15) is 5.10 Å². The van der Waals surface area contributed by atoms with Gasteiger partial charge in [-0.05, 0) is 35.4 Å². The average Bonchev–Trinajstić information content (AvgIpc) is 2.96. The first-order valence-corrected chi connectivity index (χ1v) is 7.57. The van der Waals surface area contributed by atoms with Crippen LogP contribution in [0.2, 0.25) is 0 Å². The van der Waals surface area contributed by atoms with Crippen LogP contribution in [0, 0.1) is 13.8 Å². The molecule has 25 heavy (non-hydrogen) atoms. The first kappa shape index (κ1) is 16.5. The molecule has 0 atom stereocenters. The van der Waals surface area contributed by atoms with Crippen LogP contribution in [0.25, 0.3) is 11.1 Å². The number of anilines is 1. The van der Waals surface area contributed by atoms with Crippen LogP contribution in [0.15, 0.2) is 29.1 Å². The number of benzene rings is 1. The van der Waals surface area contributed by atoms with Gasteiger partial charge in [0.25, 0.3) is 11.5 Å². The maximum atomic E-state index is 12.6. The lowest BCUT2D eigenvalue weighted by Crippen LogP contribution is -2.28. The minimum Gasteiger partial charge on any atom is -0.288 e. The molecule has 2 heterocycles. The summed E-state index contributed by atoms with van der Waals surface area (Å²) in [6, 6.07) is 7.55. The summed E-state index contributed by atoms with van der Waals surface area (Å²) in [4.78, 5) is 25.2. The highest BCUT2D eigenvalue weighted by atomic mass is 16.2. The Hall–Kier alpha value is -3.36. The van der Waals surface area contributed by atoms with Crippen LogP contribution in [0.4, 0.5) is 5.95 Å². The molecule has 3 aromatic rings. The number of hydrogen-bond donors (Lipinski definition) is 1. The fourth-order valence-electron chi connectivity index (χ4n) is 2.56. The third kappa shape index (κ3) is 3.03. The van der Waals surface area contributed by atoms with Crippen molar-refractivity contribution in [2.75, 3.05) is 5.32 Å². The van der Waals surface area contributed by atoms with Crippen LogP contribution in [0.3, 0.4) is 0 Å². The van der Waals surface area contributed by atoms with Crippen molar-refractivity contribution >= 4 is 11.9 Å². The van der Waals surface area contributed by atoms with Crippen molar-refractivity contribution in [1.82, 2.24) is 30.0 Å². The van der Waals surface area contributed by atoms with E-state index in [1.54, 1.807) is 14.0 Å². The summed E-state index contributed by atoms with van der Waals surface area (Å²) >= 11 is 0. The van der Waals surface area contributed by atoms with Crippen LogP contribution >= 0.6 is 0 Å². The molecule has 0 radical (unpaired) electrons. The van der Waals surface area contributed by atoms with Crippen LogP contribution in [0.1, 0.15) is 21.6 Å². The van der Waals surface area contributed by atoms with E-state index in [4.69, 9.17) is 0 Å². The van der Waals surface area contributed by atoms with Crippen molar-refractivity contribution < 1.29 is 4.79 Å². The zero-order valence-electron chi connectivity index (χ0n) is 14.3. The molecule has 0 saturated carbocycles. The average molecular weight is 339 g/mol. The zero-order chi connectivity index (χ0) is 18.1. The molecule has 0 bridgehead atoms. The van der Waals surface area contributed by atoms with Gasteiger partial charge in [0.15, 0.2) is 5.69 Å². The van der Waals surface area contributed by atoms with Gasteiger partial charge in [0.05, 0.1) is 5.56 Å². The first-order valence-electron chi connectivity index (χ1n) is 7.57. The SMILES string of the molecule is Cc1cccc(-c2c(C)c(C(=O)Nc3nnnn3C)nn(C)c2=O)c1. The Balaban J connectivity index is 2.11. The number of hydrogen-bond acceptors (Lipinski definition) is 6. The lowest BCUT2D eigenvalue weighted by atomic mass is 9.99. The zero-order valence-corrected chi connectivity index (χ0v) is 14.3. The van der Waals surface area contributed by atoms with E-state index < -0.39 is 5.91 Å². The molecule has 1 N–H and O–H groups in total. The number of carbonyl (C=O) groups excluding carboxylic acids is 1. The van der Waals surface area contributed by atoms with Crippen LogP contribution in [-0.2, 0) is 14.1 Å². The molecule has 128 valence electrons. The second-order valence-electron chi connectivity index (χ2n) is 5.73. The molecule has 0 fully saturated rings. The largest absolute Gasteiger partial charge is 0.288 e. The van der Waals surface area contributed by atoms with E-state index >= 15 is 0 Å². The number of nitrogens with zero attached hydrogens (tertiary/aromatic N) is 6. The fraction of sp³-hybridized carbons (Fsp3) is 0.250. The van der Waals surface area contributed by atoms with Gasteiger partial charge in [-0.1, -0.05) is 34.9 Å². The number of tetrazole rings is 1. The predicted octanol–water partition coefficient (Wildman–Crippen LogP) is 0.840. The summed E-state index contributed by atoms with van der Waals surface area (Å²) in [5.41, 5.74) is 2.59. The van der Waals surface area contributed by atoms with E-state index in [0.29, 0.717) is 11.1 Å². The molecule has 9 heteroatoms. The van der Waals surface area contributed by atoms with Crippen LogP contribution in [0.5, 0.6) is 0 Å². The lowest BCUT2D eigenvalue weighted by molar-refractivity contribution is 0.101. The standard InChI is InChI=1S/C16H17N7O2/c1-9-6-5-7-11(8-9)12-10(2)13(19-22(3)15(12)25)14(24)17-16-18-20-21-23(16)4/h5-8H,1-4H3,(H,17,18,21,24). The Bertz CT molecular complexity index is 1020. The van der Waals surface area contributed by atoms with Gasteiger partial charge in [0.2, 0.25) is 5.95 Å². The Kier molecular flexibility index (Phi) is 4.14. The maximum absolute atomic E-state index is 12.6. The van der Waals surface area contributed by atoms with Crippen LogP contribution < -0.4 is 10.9 Å². The Labute approximate surface area is 143 Å². The van der Waals surface area contributed by atoms with Gasteiger partial charge >= 0.3 is 0 Å². The Morgan fingerprint density at radius 1 is 1.16 bits per heavy atom. The molecule has 0 unspecified atom stereocenters. The smallest absolute Gasteiger partial charge is 0.278 e. The maximum Gasteiger partial charge on any atom is 0.278 e. The van der Waals surface area contributed by atoms with E-state index in [0.717, 1.165) is 15.8 Å². The van der Waals surface area contributed by atoms with Gasteiger partial charge in [0.1, 0.15) is 0 Å². The normalized spacial score (nSPS) is 10.7. The van der Waals surface area contributed by atoms with Crippen molar-refractivity contribution in [2.24, 2.45) is 14.1 Å². The first-order chi connectivity index (χ1) is 11.9. The van der Waals surface area contributed by atoms with Gasteiger partial charge in [-0.25, -0.2) is 9.36 Å². The van der Waals surface area contributed by atoms with Crippen molar-refractivity contribution in [1.29, 1.82) is 0 Å². The van der Waals surface area contributed by atoms with Gasteiger partial charge in [0, 0.05) is 14.1 Å². The summed E-state index contributed by atoms with van der Waals surface area (Å²) in [6.45, 7) is 3.65. The number of amides is 1. The summed E-state index contributed by atoms with van der Waals surface area (Å²) in [5.74, 6) is -0.294. The minimum atomic E-state index is -0.486. The number of rotatable bonds is 3. The topological polar surface area (TPSA) is 108 Å². The lowest BCUT2D eigenvalue weighted by Gasteiger charge is -2.12. The molecular weight excluding hydrogens is 322 g/mol. The monoisotopic (exact) mass is 339 g/mol. The Morgan fingerprint density at radius 3 is 2.56 bits per heavy atom. The molecule has 3 rings (SSSR count). The fourth-order valence-corrected chi connectivity index (χ4v) is 2.56.